The average Bonchev–Trinajstić information content (AvgIpc) is 3.19. The van der Waals surface area contributed by atoms with Crippen LogP contribution in [0.1, 0.15) is 5.56 Å². The summed E-state index contributed by atoms with van der Waals surface area (Å²) in [7, 11) is 0. The summed E-state index contributed by atoms with van der Waals surface area (Å²) in [5.74, 6) is 0.000635. The molecule has 3 rings (SSSR count). The molecule has 106 valence electrons. The van der Waals surface area contributed by atoms with E-state index in [2.05, 4.69) is 10.3 Å². The van der Waals surface area contributed by atoms with Crippen molar-refractivity contribution in [3.63, 3.8) is 0 Å². The Morgan fingerprint density at radius 1 is 1.24 bits per heavy atom. The van der Waals surface area contributed by atoms with E-state index in [1.807, 2.05) is 58.7 Å². The Bertz CT molecular complexity index is 705. The van der Waals surface area contributed by atoms with Crippen molar-refractivity contribution < 1.29 is 4.79 Å². The van der Waals surface area contributed by atoms with Gasteiger partial charge in [-0.2, -0.15) is 0 Å². The lowest BCUT2D eigenvalue weighted by Gasteiger charge is -2.07. The summed E-state index contributed by atoms with van der Waals surface area (Å²) >= 11 is 1.66. The number of rotatable bonds is 5. The maximum absolute atomic E-state index is 11.9. The fourth-order valence-electron chi connectivity index (χ4n) is 2.04. The van der Waals surface area contributed by atoms with Crippen LogP contribution in [0.4, 0.5) is 0 Å². The summed E-state index contributed by atoms with van der Waals surface area (Å²) in [5, 5.41) is 4.96. The van der Waals surface area contributed by atoms with Crippen molar-refractivity contribution in [1.29, 1.82) is 0 Å². The Labute approximate surface area is 127 Å². The van der Waals surface area contributed by atoms with E-state index in [1.54, 1.807) is 17.5 Å². The number of hydrogen-bond acceptors (Lipinski definition) is 3. The molecule has 0 aliphatic carbocycles. The molecule has 0 radical (unpaired) electrons. The van der Waals surface area contributed by atoms with Gasteiger partial charge in [-0.1, -0.05) is 6.07 Å². The molecule has 3 heterocycles. The number of carbonyl (C=O) groups excluding carboxylic acids is 1. The highest BCUT2D eigenvalue weighted by Gasteiger charge is 2.04. The molecular weight excluding hydrogens is 282 g/mol. The minimum Gasteiger partial charge on any atom is -0.350 e. The molecule has 0 atom stereocenters. The lowest BCUT2D eigenvalue weighted by atomic mass is 10.2. The van der Waals surface area contributed by atoms with E-state index in [1.165, 1.54) is 0 Å². The second-order valence-corrected chi connectivity index (χ2v) is 5.61. The van der Waals surface area contributed by atoms with Gasteiger partial charge in [0.15, 0.2) is 0 Å². The van der Waals surface area contributed by atoms with E-state index in [0.29, 0.717) is 13.1 Å². The summed E-state index contributed by atoms with van der Waals surface area (Å²) < 4.78 is 1.85. The first-order chi connectivity index (χ1) is 10.3. The lowest BCUT2D eigenvalue weighted by molar-refractivity contribution is -0.121. The highest BCUT2D eigenvalue weighted by molar-refractivity contribution is 7.13. The Morgan fingerprint density at radius 3 is 2.86 bits per heavy atom. The number of aromatic nitrogens is 2. The molecule has 0 saturated carbocycles. The van der Waals surface area contributed by atoms with Crippen LogP contribution in [0.2, 0.25) is 0 Å². The van der Waals surface area contributed by atoms with Gasteiger partial charge in [-0.3, -0.25) is 9.78 Å². The van der Waals surface area contributed by atoms with Crippen molar-refractivity contribution in [3.8, 4) is 10.6 Å². The molecule has 1 N–H and O–H groups in total. The summed E-state index contributed by atoms with van der Waals surface area (Å²) in [6.07, 6.45) is 5.53. The minimum atomic E-state index is 0.000635. The zero-order valence-electron chi connectivity index (χ0n) is 11.4. The molecule has 0 fully saturated rings. The molecule has 0 aliphatic heterocycles. The van der Waals surface area contributed by atoms with E-state index in [-0.39, 0.29) is 5.91 Å². The Kier molecular flexibility index (Phi) is 4.12. The van der Waals surface area contributed by atoms with Gasteiger partial charge in [-0.15, -0.1) is 11.3 Å². The predicted molar refractivity (Wildman–Crippen MR) is 83.8 cm³/mol. The van der Waals surface area contributed by atoms with Crippen LogP contribution >= 0.6 is 11.3 Å². The summed E-state index contributed by atoms with van der Waals surface area (Å²) in [6.45, 7) is 0.858. The van der Waals surface area contributed by atoms with E-state index in [4.69, 9.17) is 0 Å². The van der Waals surface area contributed by atoms with Crippen molar-refractivity contribution in [1.82, 2.24) is 14.9 Å². The van der Waals surface area contributed by atoms with Crippen LogP contribution in [-0.4, -0.2) is 15.5 Å². The number of amides is 1. The number of thiophene rings is 1. The molecule has 3 aromatic rings. The van der Waals surface area contributed by atoms with Crippen LogP contribution in [0.3, 0.4) is 0 Å². The van der Waals surface area contributed by atoms with Crippen molar-refractivity contribution >= 4 is 17.2 Å². The second kappa shape index (κ2) is 6.37. The SMILES string of the molecule is O=C(Cn1cccc1)NCc1ccnc(-c2cccs2)c1. The Balaban J connectivity index is 1.60. The number of carbonyl (C=O) groups is 1. The molecule has 21 heavy (non-hydrogen) atoms. The molecule has 4 nitrogen and oxygen atoms in total. The summed E-state index contributed by atoms with van der Waals surface area (Å²) in [4.78, 5) is 17.3. The van der Waals surface area contributed by atoms with Crippen molar-refractivity contribution in [3.05, 3.63) is 65.9 Å². The van der Waals surface area contributed by atoms with E-state index >= 15 is 0 Å². The third-order valence-electron chi connectivity index (χ3n) is 3.08. The van der Waals surface area contributed by atoms with Gasteiger partial charge in [0.1, 0.15) is 6.54 Å². The molecular formula is C16H15N3OS. The molecule has 5 heteroatoms. The number of hydrogen-bond donors (Lipinski definition) is 1. The largest absolute Gasteiger partial charge is 0.350 e. The maximum atomic E-state index is 11.9. The molecule has 0 saturated heterocycles. The van der Waals surface area contributed by atoms with E-state index in [0.717, 1.165) is 16.1 Å². The lowest BCUT2D eigenvalue weighted by Crippen LogP contribution is -2.26. The molecule has 0 bridgehead atoms. The van der Waals surface area contributed by atoms with Crippen LogP contribution in [0.25, 0.3) is 10.6 Å². The third-order valence-corrected chi connectivity index (χ3v) is 3.97. The molecule has 1 amide bonds. The molecule has 0 aliphatic rings. The smallest absolute Gasteiger partial charge is 0.240 e. The zero-order valence-corrected chi connectivity index (χ0v) is 12.2. The van der Waals surface area contributed by atoms with E-state index in [9.17, 15) is 4.79 Å². The molecule has 0 unspecified atom stereocenters. The third kappa shape index (κ3) is 3.58. The molecule has 3 aromatic heterocycles. The van der Waals surface area contributed by atoms with Gasteiger partial charge in [0.2, 0.25) is 5.91 Å². The fourth-order valence-corrected chi connectivity index (χ4v) is 2.73. The first-order valence-corrected chi connectivity index (χ1v) is 7.55. The monoisotopic (exact) mass is 297 g/mol. The van der Waals surface area contributed by atoms with E-state index < -0.39 is 0 Å². The number of nitrogens with one attached hydrogen (secondary N) is 1. The van der Waals surface area contributed by atoms with Crippen LogP contribution in [0, 0.1) is 0 Å². The van der Waals surface area contributed by atoms with Crippen LogP contribution in [0.15, 0.2) is 60.4 Å². The first kappa shape index (κ1) is 13.6. The van der Waals surface area contributed by atoms with Gasteiger partial charge in [0.25, 0.3) is 0 Å². The normalized spacial score (nSPS) is 10.5. The summed E-state index contributed by atoms with van der Waals surface area (Å²) in [5.41, 5.74) is 2.00. The Hall–Kier alpha value is -2.40. The molecule has 0 spiro atoms. The zero-order chi connectivity index (χ0) is 14.5. The minimum absolute atomic E-state index is 0.000635. The van der Waals surface area contributed by atoms with Crippen molar-refractivity contribution in [2.24, 2.45) is 0 Å². The predicted octanol–water partition coefficient (Wildman–Crippen LogP) is 2.93. The standard InChI is InChI=1S/C16H15N3OS/c20-16(12-19-7-1-2-8-19)18-11-13-5-6-17-14(10-13)15-4-3-9-21-15/h1-10H,11-12H2,(H,18,20). The van der Waals surface area contributed by atoms with Gasteiger partial charge in [0, 0.05) is 25.1 Å². The van der Waals surface area contributed by atoms with Crippen molar-refractivity contribution in [2.45, 2.75) is 13.1 Å². The maximum Gasteiger partial charge on any atom is 0.240 e. The average molecular weight is 297 g/mol. The highest BCUT2D eigenvalue weighted by Crippen LogP contribution is 2.22. The van der Waals surface area contributed by atoms with Crippen LogP contribution < -0.4 is 5.32 Å². The van der Waals surface area contributed by atoms with Crippen LogP contribution in [0.5, 0.6) is 0 Å². The van der Waals surface area contributed by atoms with Gasteiger partial charge >= 0.3 is 0 Å². The fraction of sp³-hybridized carbons (Fsp3) is 0.125. The Morgan fingerprint density at radius 2 is 2.10 bits per heavy atom. The van der Waals surface area contributed by atoms with Crippen molar-refractivity contribution in [2.75, 3.05) is 0 Å². The molecule has 0 aromatic carbocycles. The quantitative estimate of drug-likeness (QED) is 0.787. The summed E-state index contributed by atoms with van der Waals surface area (Å²) in [6, 6.07) is 11.8. The topological polar surface area (TPSA) is 46.9 Å². The number of pyridine rings is 1. The highest BCUT2D eigenvalue weighted by atomic mass is 32.1. The van der Waals surface area contributed by atoms with Crippen LogP contribution in [-0.2, 0) is 17.9 Å². The van der Waals surface area contributed by atoms with Gasteiger partial charge < -0.3 is 9.88 Å². The van der Waals surface area contributed by atoms with Gasteiger partial charge in [-0.05, 0) is 41.3 Å². The second-order valence-electron chi connectivity index (χ2n) is 4.66. The first-order valence-electron chi connectivity index (χ1n) is 6.67. The van der Waals surface area contributed by atoms with Gasteiger partial charge in [0.05, 0.1) is 10.6 Å². The number of nitrogens with zero attached hydrogens (tertiary/aromatic N) is 2. The van der Waals surface area contributed by atoms with Gasteiger partial charge in [-0.25, -0.2) is 0 Å².